The lowest BCUT2D eigenvalue weighted by Gasteiger charge is -2.29. The Morgan fingerprint density at radius 2 is 1.90 bits per heavy atom. The van der Waals surface area contributed by atoms with E-state index in [1.54, 1.807) is 0 Å². The molecule has 5 rings (SSSR count). The minimum atomic E-state index is -0.123. The fraction of sp³-hybridized carbons (Fsp3) is 0.391. The van der Waals surface area contributed by atoms with Crippen LogP contribution in [0.25, 0.3) is 11.6 Å². The van der Waals surface area contributed by atoms with Crippen molar-refractivity contribution in [1.29, 1.82) is 0 Å². The number of hydrogen-bond acceptors (Lipinski definition) is 3. The van der Waals surface area contributed by atoms with Crippen LogP contribution in [0.1, 0.15) is 45.7 Å². The summed E-state index contributed by atoms with van der Waals surface area (Å²) in [6.45, 7) is 6.73. The smallest absolute Gasteiger partial charge is 0.256 e. The Morgan fingerprint density at radius 1 is 1.10 bits per heavy atom. The van der Waals surface area contributed by atoms with Crippen molar-refractivity contribution in [2.24, 2.45) is 0 Å². The molecule has 6 nitrogen and oxygen atoms in total. The first-order valence-electron chi connectivity index (χ1n) is 10.6. The molecule has 156 valence electrons. The lowest BCUT2D eigenvalue weighted by atomic mass is 10.0. The van der Waals surface area contributed by atoms with Gasteiger partial charge in [-0.25, -0.2) is 0 Å². The first-order chi connectivity index (χ1) is 14.5. The van der Waals surface area contributed by atoms with E-state index in [2.05, 4.69) is 31.1 Å². The Labute approximate surface area is 184 Å². The summed E-state index contributed by atoms with van der Waals surface area (Å²) in [5.74, 6) is -0.0197. The lowest BCUT2D eigenvalue weighted by molar-refractivity contribution is -0.110. The van der Waals surface area contributed by atoms with Gasteiger partial charge in [-0.1, -0.05) is 22.0 Å². The number of carbonyl (C=O) groups is 2. The number of aromatic amines is 1. The highest BCUT2D eigenvalue weighted by molar-refractivity contribution is 9.10. The minimum absolute atomic E-state index is 0.103. The average Bonchev–Trinajstić information content (AvgIpc) is 3.42. The molecular formula is C23H25BrN4O2. The maximum absolute atomic E-state index is 13.2. The Hall–Kier alpha value is -2.38. The first-order valence-corrected chi connectivity index (χ1v) is 11.4. The highest BCUT2D eigenvalue weighted by atomic mass is 79.9. The molecule has 30 heavy (non-hydrogen) atoms. The number of anilines is 1. The van der Waals surface area contributed by atoms with Gasteiger partial charge in [-0.3, -0.25) is 9.59 Å². The van der Waals surface area contributed by atoms with Crippen LogP contribution in [0.4, 0.5) is 5.69 Å². The van der Waals surface area contributed by atoms with Crippen molar-refractivity contribution in [3.63, 3.8) is 0 Å². The summed E-state index contributed by atoms with van der Waals surface area (Å²) >= 11 is 3.56. The monoisotopic (exact) mass is 468 g/mol. The largest absolute Gasteiger partial charge is 0.358 e. The molecule has 0 saturated carbocycles. The summed E-state index contributed by atoms with van der Waals surface area (Å²) < 4.78 is 0.878. The SMILES string of the molecule is Cc1c(/C=C2\C(=O)Nc3cccc(Br)c32)[nH]c2c1C(=O)N(CCN1CCCC1)CC2. The van der Waals surface area contributed by atoms with E-state index in [0.717, 1.165) is 77.4 Å². The third-order valence-corrected chi connectivity index (χ3v) is 7.11. The van der Waals surface area contributed by atoms with Crippen molar-refractivity contribution in [3.8, 4) is 0 Å². The van der Waals surface area contributed by atoms with Crippen LogP contribution in [0.2, 0.25) is 0 Å². The molecule has 1 aromatic heterocycles. The Kier molecular flexibility index (Phi) is 5.03. The third kappa shape index (κ3) is 3.30. The van der Waals surface area contributed by atoms with Crippen molar-refractivity contribution >= 4 is 45.1 Å². The molecule has 2 N–H and O–H groups in total. The van der Waals surface area contributed by atoms with Crippen molar-refractivity contribution in [2.75, 3.05) is 38.0 Å². The van der Waals surface area contributed by atoms with E-state index in [0.29, 0.717) is 5.57 Å². The normalized spacial score (nSPS) is 20.1. The predicted molar refractivity (Wildman–Crippen MR) is 121 cm³/mol. The number of halogens is 1. The number of likely N-dealkylation sites (tertiary alicyclic amines) is 1. The Balaban J connectivity index is 1.43. The van der Waals surface area contributed by atoms with Crippen molar-refractivity contribution < 1.29 is 9.59 Å². The summed E-state index contributed by atoms with van der Waals surface area (Å²) in [5.41, 5.74) is 5.79. The van der Waals surface area contributed by atoms with Crippen molar-refractivity contribution in [3.05, 3.63) is 50.8 Å². The summed E-state index contributed by atoms with van der Waals surface area (Å²) in [6.07, 6.45) is 5.22. The fourth-order valence-corrected chi connectivity index (χ4v) is 5.36. The van der Waals surface area contributed by atoms with Gasteiger partial charge < -0.3 is 20.1 Å². The van der Waals surface area contributed by atoms with Gasteiger partial charge >= 0.3 is 0 Å². The van der Waals surface area contributed by atoms with Crippen LogP contribution in [-0.2, 0) is 11.2 Å². The second kappa shape index (κ2) is 7.71. The zero-order valence-electron chi connectivity index (χ0n) is 17.1. The number of rotatable bonds is 4. The van der Waals surface area contributed by atoms with E-state index >= 15 is 0 Å². The van der Waals surface area contributed by atoms with E-state index in [9.17, 15) is 9.59 Å². The maximum atomic E-state index is 13.2. The molecule has 2 amide bonds. The standard InChI is InChI=1S/C23H25BrN4O2/c1-14-19(13-15-21-16(24)5-4-6-17(21)26-22(15)29)25-18-7-10-28(23(30)20(14)18)12-11-27-8-2-3-9-27/h4-6,13,25H,2-3,7-12H2,1H3,(H,26,29)/b15-13-. The molecule has 2 aromatic rings. The molecule has 0 bridgehead atoms. The van der Waals surface area contributed by atoms with Crippen LogP contribution in [-0.4, -0.2) is 59.3 Å². The third-order valence-electron chi connectivity index (χ3n) is 6.45. The van der Waals surface area contributed by atoms with Gasteiger partial charge in [0.25, 0.3) is 11.8 Å². The van der Waals surface area contributed by atoms with Crippen LogP contribution >= 0.6 is 15.9 Å². The number of aromatic nitrogens is 1. The zero-order valence-corrected chi connectivity index (χ0v) is 18.6. The molecule has 3 aliphatic heterocycles. The van der Waals surface area contributed by atoms with Crippen LogP contribution in [0.3, 0.4) is 0 Å². The molecule has 0 spiro atoms. The summed E-state index contributed by atoms with van der Waals surface area (Å²) in [4.78, 5) is 33.6. The Morgan fingerprint density at radius 3 is 2.70 bits per heavy atom. The van der Waals surface area contributed by atoms with E-state index < -0.39 is 0 Å². The van der Waals surface area contributed by atoms with Gasteiger partial charge in [-0.15, -0.1) is 0 Å². The van der Waals surface area contributed by atoms with Gasteiger partial charge in [0, 0.05) is 47.5 Å². The topological polar surface area (TPSA) is 68.4 Å². The lowest BCUT2D eigenvalue weighted by Crippen LogP contribution is -2.42. The minimum Gasteiger partial charge on any atom is -0.358 e. The van der Waals surface area contributed by atoms with Crippen molar-refractivity contribution in [1.82, 2.24) is 14.8 Å². The molecule has 1 aromatic carbocycles. The molecule has 4 heterocycles. The molecule has 1 fully saturated rings. The molecule has 0 atom stereocenters. The first kappa shape index (κ1) is 19.6. The number of benzene rings is 1. The van der Waals surface area contributed by atoms with Crippen molar-refractivity contribution in [2.45, 2.75) is 26.2 Å². The number of H-pyrrole nitrogens is 1. The summed E-state index contributed by atoms with van der Waals surface area (Å²) in [7, 11) is 0. The Bertz CT molecular complexity index is 1070. The molecule has 0 aliphatic carbocycles. The van der Waals surface area contributed by atoms with Crippen LogP contribution in [0, 0.1) is 6.92 Å². The maximum Gasteiger partial charge on any atom is 0.256 e. The number of fused-ring (bicyclic) bond motifs is 2. The second-order valence-corrected chi connectivity index (χ2v) is 9.14. The van der Waals surface area contributed by atoms with E-state index in [-0.39, 0.29) is 11.8 Å². The summed E-state index contributed by atoms with van der Waals surface area (Å²) in [5, 5.41) is 2.92. The van der Waals surface area contributed by atoms with E-state index in [4.69, 9.17) is 0 Å². The van der Waals surface area contributed by atoms with Gasteiger partial charge in [0.05, 0.1) is 16.8 Å². The number of nitrogens with one attached hydrogen (secondary N) is 2. The van der Waals surface area contributed by atoms with Gasteiger partial charge in [-0.2, -0.15) is 0 Å². The highest BCUT2D eigenvalue weighted by Crippen LogP contribution is 2.39. The average molecular weight is 469 g/mol. The van der Waals surface area contributed by atoms with E-state index in [1.165, 1.54) is 12.8 Å². The highest BCUT2D eigenvalue weighted by Gasteiger charge is 2.31. The summed E-state index contributed by atoms with van der Waals surface area (Å²) in [6, 6.07) is 5.73. The fourth-order valence-electron chi connectivity index (χ4n) is 4.78. The number of hydrogen-bond donors (Lipinski definition) is 2. The molecule has 1 saturated heterocycles. The molecule has 7 heteroatoms. The molecular weight excluding hydrogens is 444 g/mol. The van der Waals surface area contributed by atoms with Gasteiger partial charge in [-0.05, 0) is 56.6 Å². The van der Waals surface area contributed by atoms with E-state index in [1.807, 2.05) is 36.1 Å². The van der Waals surface area contributed by atoms with Crippen LogP contribution < -0.4 is 5.32 Å². The number of amides is 2. The van der Waals surface area contributed by atoms with Crippen LogP contribution in [0.15, 0.2) is 22.7 Å². The molecule has 3 aliphatic rings. The predicted octanol–water partition coefficient (Wildman–Crippen LogP) is 3.67. The van der Waals surface area contributed by atoms with Gasteiger partial charge in [0.2, 0.25) is 0 Å². The molecule has 0 unspecified atom stereocenters. The van der Waals surface area contributed by atoms with Gasteiger partial charge in [0.1, 0.15) is 0 Å². The zero-order chi connectivity index (χ0) is 20.8. The quantitative estimate of drug-likeness (QED) is 0.672. The molecule has 0 radical (unpaired) electrons. The van der Waals surface area contributed by atoms with Gasteiger partial charge in [0.15, 0.2) is 0 Å². The number of nitrogens with zero attached hydrogens (tertiary/aromatic N) is 2. The number of carbonyl (C=O) groups excluding carboxylic acids is 2. The van der Waals surface area contributed by atoms with Crippen LogP contribution in [0.5, 0.6) is 0 Å². The second-order valence-electron chi connectivity index (χ2n) is 8.28.